The van der Waals surface area contributed by atoms with Crippen LogP contribution in [0, 0.1) is 5.82 Å². The Bertz CT molecular complexity index is 638. The molecule has 0 spiro atoms. The van der Waals surface area contributed by atoms with E-state index in [1.165, 1.54) is 12.5 Å². The van der Waals surface area contributed by atoms with E-state index in [0.717, 1.165) is 36.8 Å². The average Bonchev–Trinajstić information content (AvgIpc) is 2.58. The molecule has 0 aliphatic heterocycles. The molecule has 0 bridgehead atoms. The fraction of sp³-hybridized carbons (Fsp3) is 0.412. The van der Waals surface area contributed by atoms with Gasteiger partial charge in [-0.05, 0) is 30.5 Å². The van der Waals surface area contributed by atoms with Crippen LogP contribution in [0.4, 0.5) is 10.3 Å². The fourth-order valence-electron chi connectivity index (χ4n) is 3.27. The minimum Gasteiger partial charge on any atom is -0.345 e. The number of hydrogen-bond donors (Lipinski definition) is 3. The van der Waals surface area contributed by atoms with Gasteiger partial charge in [0.15, 0.2) is 0 Å². The van der Waals surface area contributed by atoms with E-state index < -0.39 is 0 Å². The van der Waals surface area contributed by atoms with Gasteiger partial charge < -0.3 is 5.32 Å². The maximum absolute atomic E-state index is 13.7. The Balaban J connectivity index is 1.87. The van der Waals surface area contributed by atoms with Gasteiger partial charge in [0.1, 0.15) is 5.82 Å². The van der Waals surface area contributed by atoms with Crippen LogP contribution in [-0.2, 0) is 12.1 Å². The van der Waals surface area contributed by atoms with E-state index in [4.69, 9.17) is 5.84 Å². The van der Waals surface area contributed by atoms with Crippen molar-refractivity contribution in [3.05, 3.63) is 53.6 Å². The molecule has 4 N–H and O–H groups in total. The summed E-state index contributed by atoms with van der Waals surface area (Å²) < 4.78 is 13.7. The van der Waals surface area contributed by atoms with Gasteiger partial charge >= 0.3 is 0 Å². The van der Waals surface area contributed by atoms with Crippen molar-refractivity contribution in [1.29, 1.82) is 0 Å². The second-order valence-electron chi connectivity index (χ2n) is 6.07. The van der Waals surface area contributed by atoms with Crippen molar-refractivity contribution < 1.29 is 4.39 Å². The third-order valence-electron chi connectivity index (χ3n) is 4.45. The molecule has 1 heterocycles. The molecule has 1 aromatic heterocycles. The molecule has 2 aromatic rings. The first-order valence-corrected chi connectivity index (χ1v) is 8.00. The van der Waals surface area contributed by atoms with Crippen molar-refractivity contribution in [2.24, 2.45) is 5.84 Å². The number of rotatable bonds is 5. The molecule has 122 valence electrons. The minimum absolute atomic E-state index is 0.209. The van der Waals surface area contributed by atoms with Crippen LogP contribution in [-0.4, -0.2) is 9.97 Å². The highest BCUT2D eigenvalue weighted by Gasteiger charge is 2.34. The molecule has 1 fully saturated rings. The van der Waals surface area contributed by atoms with Crippen molar-refractivity contribution in [3.63, 3.8) is 0 Å². The summed E-state index contributed by atoms with van der Waals surface area (Å²) >= 11 is 0. The fourth-order valence-corrected chi connectivity index (χ4v) is 3.27. The smallest absolute Gasteiger partial charge is 0.223 e. The molecule has 3 rings (SSSR count). The van der Waals surface area contributed by atoms with Crippen molar-refractivity contribution >= 4 is 5.95 Å². The molecule has 1 saturated carbocycles. The predicted octanol–water partition coefficient (Wildman–Crippen LogP) is 2.85. The summed E-state index contributed by atoms with van der Waals surface area (Å²) in [4.78, 5) is 8.75. The molecule has 0 radical (unpaired) electrons. The lowest BCUT2D eigenvalue weighted by Crippen LogP contribution is -2.38. The molecule has 23 heavy (non-hydrogen) atoms. The maximum Gasteiger partial charge on any atom is 0.223 e. The Morgan fingerprint density at radius 3 is 2.52 bits per heavy atom. The number of halogens is 1. The minimum atomic E-state index is -0.298. The van der Waals surface area contributed by atoms with Gasteiger partial charge in [-0.15, -0.1) is 0 Å². The monoisotopic (exact) mass is 315 g/mol. The molecule has 0 saturated heterocycles. The van der Waals surface area contributed by atoms with Gasteiger partial charge in [0, 0.05) is 24.5 Å². The normalized spacial score (nSPS) is 17.0. The number of aromatic nitrogens is 2. The van der Waals surface area contributed by atoms with Crippen LogP contribution in [0.5, 0.6) is 0 Å². The summed E-state index contributed by atoms with van der Waals surface area (Å²) in [6.07, 6.45) is 8.82. The van der Waals surface area contributed by atoms with E-state index in [9.17, 15) is 4.39 Å². The third-order valence-corrected chi connectivity index (χ3v) is 4.45. The van der Waals surface area contributed by atoms with Crippen LogP contribution in [0.1, 0.15) is 43.2 Å². The molecule has 1 aromatic carbocycles. The highest BCUT2D eigenvalue weighted by atomic mass is 19.1. The average molecular weight is 315 g/mol. The Kier molecular flexibility index (Phi) is 4.83. The van der Waals surface area contributed by atoms with Crippen molar-refractivity contribution in [2.45, 2.75) is 44.2 Å². The summed E-state index contributed by atoms with van der Waals surface area (Å²) in [6.45, 7) is 0.523. The zero-order valence-electron chi connectivity index (χ0n) is 13.1. The summed E-state index contributed by atoms with van der Waals surface area (Å²) in [5, 5.41) is 3.47. The quantitative estimate of drug-likeness (QED) is 0.584. The van der Waals surface area contributed by atoms with Crippen molar-refractivity contribution in [1.82, 2.24) is 15.4 Å². The van der Waals surface area contributed by atoms with Crippen LogP contribution in [0.2, 0.25) is 0 Å². The van der Waals surface area contributed by atoms with E-state index in [0.29, 0.717) is 12.5 Å². The number of nitrogens with one attached hydrogen (secondary N) is 2. The Morgan fingerprint density at radius 1 is 1.13 bits per heavy atom. The molecule has 0 unspecified atom stereocenters. The Hall–Kier alpha value is -2.05. The lowest BCUT2D eigenvalue weighted by Gasteiger charge is -2.38. The largest absolute Gasteiger partial charge is 0.345 e. The van der Waals surface area contributed by atoms with Crippen molar-refractivity contribution in [2.75, 3.05) is 5.32 Å². The lowest BCUT2D eigenvalue weighted by atomic mass is 9.76. The number of nitrogens with two attached hydrogens (primary N) is 1. The van der Waals surface area contributed by atoms with Gasteiger partial charge in [0.25, 0.3) is 0 Å². The summed E-state index contributed by atoms with van der Waals surface area (Å²) in [6, 6.07) is 6.84. The van der Waals surface area contributed by atoms with Crippen LogP contribution in [0.15, 0.2) is 36.7 Å². The number of anilines is 1. The number of benzene rings is 1. The zero-order valence-corrected chi connectivity index (χ0v) is 13.1. The first kappa shape index (κ1) is 15.8. The molecule has 0 atom stereocenters. The zero-order chi connectivity index (χ0) is 16.1. The van der Waals surface area contributed by atoms with Crippen LogP contribution in [0.25, 0.3) is 0 Å². The summed E-state index contributed by atoms with van der Waals surface area (Å²) in [5.74, 6) is 5.66. The van der Waals surface area contributed by atoms with E-state index in [2.05, 4.69) is 20.7 Å². The number of nitrogens with zero attached hydrogens (tertiary/aromatic N) is 2. The van der Waals surface area contributed by atoms with Crippen LogP contribution in [0.3, 0.4) is 0 Å². The van der Waals surface area contributed by atoms with Gasteiger partial charge in [0.2, 0.25) is 5.95 Å². The van der Waals surface area contributed by atoms with Gasteiger partial charge in [-0.2, -0.15) is 0 Å². The van der Waals surface area contributed by atoms with Crippen LogP contribution >= 0.6 is 0 Å². The van der Waals surface area contributed by atoms with E-state index in [-0.39, 0.29) is 11.4 Å². The standard InChI is InChI=1S/C17H22FN5/c18-15-6-4-5-14(9-15)17(7-2-1-3-8-17)23-16-20-10-13(11-21-16)12-22-19/h4-6,9-11,22H,1-3,7-8,12,19H2,(H,20,21,23). The lowest BCUT2D eigenvalue weighted by molar-refractivity contribution is 0.327. The Morgan fingerprint density at radius 2 is 1.87 bits per heavy atom. The molecule has 6 heteroatoms. The highest BCUT2D eigenvalue weighted by Crippen LogP contribution is 2.39. The molecule has 1 aliphatic carbocycles. The number of hydrazine groups is 1. The first-order valence-electron chi connectivity index (χ1n) is 8.00. The molecular weight excluding hydrogens is 293 g/mol. The SMILES string of the molecule is NNCc1cnc(NC2(c3cccc(F)c3)CCCCC2)nc1. The van der Waals surface area contributed by atoms with E-state index >= 15 is 0 Å². The van der Waals surface area contributed by atoms with Crippen LogP contribution < -0.4 is 16.6 Å². The second-order valence-corrected chi connectivity index (χ2v) is 6.07. The van der Waals surface area contributed by atoms with E-state index in [1.54, 1.807) is 24.5 Å². The molecule has 5 nitrogen and oxygen atoms in total. The maximum atomic E-state index is 13.7. The number of hydrogen-bond acceptors (Lipinski definition) is 5. The van der Waals surface area contributed by atoms with Gasteiger partial charge in [-0.25, -0.2) is 14.4 Å². The first-order chi connectivity index (χ1) is 11.2. The highest BCUT2D eigenvalue weighted by molar-refractivity contribution is 5.38. The van der Waals surface area contributed by atoms with Crippen molar-refractivity contribution in [3.8, 4) is 0 Å². The molecule has 1 aliphatic rings. The summed E-state index contributed by atoms with van der Waals surface area (Å²) in [7, 11) is 0. The predicted molar refractivity (Wildman–Crippen MR) is 87.8 cm³/mol. The second kappa shape index (κ2) is 7.02. The Labute approximate surface area is 135 Å². The van der Waals surface area contributed by atoms with E-state index in [1.807, 2.05) is 6.07 Å². The summed E-state index contributed by atoms with van der Waals surface area (Å²) in [5.41, 5.74) is 4.17. The van der Waals surface area contributed by atoms with Gasteiger partial charge in [-0.1, -0.05) is 31.4 Å². The van der Waals surface area contributed by atoms with Gasteiger partial charge in [-0.3, -0.25) is 11.3 Å². The molecule has 0 amide bonds. The third kappa shape index (κ3) is 3.65. The molecular formula is C17H22FN5. The topological polar surface area (TPSA) is 75.9 Å². The van der Waals surface area contributed by atoms with Gasteiger partial charge in [0.05, 0.1) is 5.54 Å².